The van der Waals surface area contributed by atoms with E-state index < -0.39 is 0 Å². The summed E-state index contributed by atoms with van der Waals surface area (Å²) in [7, 11) is 0. The Labute approximate surface area is 92.9 Å². The fraction of sp³-hybridized carbons (Fsp3) is 0.200. The van der Waals surface area contributed by atoms with Crippen LogP contribution < -0.4 is 5.32 Å². The predicted octanol–water partition coefficient (Wildman–Crippen LogP) is 1.71. The van der Waals surface area contributed by atoms with Crippen LogP contribution in [0.4, 0.5) is 0 Å². The van der Waals surface area contributed by atoms with Crippen molar-refractivity contribution in [2.24, 2.45) is 0 Å². The Morgan fingerprint density at radius 1 is 1.67 bits per heavy atom. The standard InChI is InChI=1S/C10H11N3OS/c1-8-5-12-13(7-8)10(15)11-6-9-3-2-4-14-9/h2-5,7H,6H2,1H3,(H,11,15). The lowest BCUT2D eigenvalue weighted by Crippen LogP contribution is -2.27. The first kappa shape index (κ1) is 9.92. The highest BCUT2D eigenvalue weighted by molar-refractivity contribution is 7.80. The maximum absolute atomic E-state index is 5.17. The van der Waals surface area contributed by atoms with Gasteiger partial charge in [0.15, 0.2) is 5.11 Å². The topological polar surface area (TPSA) is 43.0 Å². The zero-order chi connectivity index (χ0) is 10.7. The predicted molar refractivity (Wildman–Crippen MR) is 60.5 cm³/mol. The van der Waals surface area contributed by atoms with E-state index in [2.05, 4.69) is 10.4 Å². The number of hydrogen-bond donors (Lipinski definition) is 1. The normalized spacial score (nSPS) is 10.2. The molecule has 15 heavy (non-hydrogen) atoms. The summed E-state index contributed by atoms with van der Waals surface area (Å²) in [5.41, 5.74) is 1.08. The van der Waals surface area contributed by atoms with Crippen LogP contribution in [0.15, 0.2) is 35.2 Å². The Morgan fingerprint density at radius 2 is 2.53 bits per heavy atom. The van der Waals surface area contributed by atoms with Gasteiger partial charge < -0.3 is 9.73 Å². The van der Waals surface area contributed by atoms with Crippen LogP contribution in [0.2, 0.25) is 0 Å². The molecule has 2 heterocycles. The van der Waals surface area contributed by atoms with E-state index in [1.54, 1.807) is 17.1 Å². The molecule has 0 saturated heterocycles. The molecule has 2 aromatic heterocycles. The molecule has 0 bridgehead atoms. The molecule has 4 nitrogen and oxygen atoms in total. The van der Waals surface area contributed by atoms with Gasteiger partial charge in [-0.25, -0.2) is 4.68 Å². The van der Waals surface area contributed by atoms with Gasteiger partial charge in [0, 0.05) is 6.20 Å². The molecule has 0 aliphatic rings. The second-order valence-corrected chi connectivity index (χ2v) is 3.59. The highest BCUT2D eigenvalue weighted by Gasteiger charge is 2.01. The van der Waals surface area contributed by atoms with Crippen molar-refractivity contribution in [1.29, 1.82) is 0 Å². The van der Waals surface area contributed by atoms with Crippen molar-refractivity contribution in [2.75, 3.05) is 0 Å². The van der Waals surface area contributed by atoms with Crippen molar-refractivity contribution < 1.29 is 4.42 Å². The van der Waals surface area contributed by atoms with Gasteiger partial charge in [0.1, 0.15) is 5.76 Å². The van der Waals surface area contributed by atoms with E-state index in [1.807, 2.05) is 25.3 Å². The molecule has 5 heteroatoms. The van der Waals surface area contributed by atoms with Crippen molar-refractivity contribution in [3.8, 4) is 0 Å². The van der Waals surface area contributed by atoms with Gasteiger partial charge in [0.25, 0.3) is 0 Å². The number of rotatable bonds is 2. The van der Waals surface area contributed by atoms with Crippen LogP contribution in [0.1, 0.15) is 11.3 Å². The van der Waals surface area contributed by atoms with Crippen LogP contribution in [0.5, 0.6) is 0 Å². The minimum Gasteiger partial charge on any atom is -0.467 e. The second-order valence-electron chi connectivity index (χ2n) is 3.20. The number of nitrogens with zero attached hydrogens (tertiary/aromatic N) is 2. The molecule has 0 amide bonds. The number of aromatic nitrogens is 2. The Morgan fingerprint density at radius 3 is 3.13 bits per heavy atom. The largest absolute Gasteiger partial charge is 0.467 e. The van der Waals surface area contributed by atoms with Gasteiger partial charge in [0.05, 0.1) is 19.0 Å². The minimum absolute atomic E-state index is 0.569. The SMILES string of the molecule is Cc1cnn(C(=S)NCc2ccco2)c1. The first-order valence-corrected chi connectivity index (χ1v) is 4.98. The third kappa shape index (κ3) is 2.44. The maximum atomic E-state index is 5.17. The molecule has 0 unspecified atom stereocenters. The van der Waals surface area contributed by atoms with Gasteiger partial charge in [-0.1, -0.05) is 0 Å². The molecule has 0 aliphatic heterocycles. The molecule has 0 fully saturated rings. The molecule has 0 atom stereocenters. The summed E-state index contributed by atoms with van der Waals surface area (Å²) in [4.78, 5) is 0. The van der Waals surface area contributed by atoms with Gasteiger partial charge in [0.2, 0.25) is 0 Å². The van der Waals surface area contributed by atoms with Crippen LogP contribution >= 0.6 is 12.2 Å². The quantitative estimate of drug-likeness (QED) is 0.784. The molecule has 0 aliphatic carbocycles. The zero-order valence-electron chi connectivity index (χ0n) is 8.30. The monoisotopic (exact) mass is 221 g/mol. The Bertz CT molecular complexity index is 447. The Kier molecular flexibility index (Phi) is 2.82. The third-order valence-electron chi connectivity index (χ3n) is 1.91. The molecule has 0 spiro atoms. The van der Waals surface area contributed by atoms with Crippen LogP contribution in [-0.2, 0) is 6.54 Å². The summed E-state index contributed by atoms with van der Waals surface area (Å²) >= 11 is 5.15. The fourth-order valence-corrected chi connectivity index (χ4v) is 1.35. The van der Waals surface area contributed by atoms with E-state index >= 15 is 0 Å². The fourth-order valence-electron chi connectivity index (χ4n) is 1.18. The lowest BCUT2D eigenvalue weighted by atomic mass is 10.4. The van der Waals surface area contributed by atoms with E-state index in [1.165, 1.54) is 0 Å². The molecule has 2 aromatic rings. The van der Waals surface area contributed by atoms with E-state index in [0.717, 1.165) is 11.3 Å². The molecule has 2 rings (SSSR count). The summed E-state index contributed by atoms with van der Waals surface area (Å²) in [6.07, 6.45) is 5.27. The first-order chi connectivity index (χ1) is 7.25. The number of furan rings is 1. The molecular weight excluding hydrogens is 210 g/mol. The van der Waals surface area contributed by atoms with E-state index in [4.69, 9.17) is 16.6 Å². The first-order valence-electron chi connectivity index (χ1n) is 4.57. The van der Waals surface area contributed by atoms with Gasteiger partial charge in [-0.2, -0.15) is 5.10 Å². The summed E-state index contributed by atoms with van der Waals surface area (Å²) in [5.74, 6) is 0.848. The van der Waals surface area contributed by atoms with Gasteiger partial charge in [-0.3, -0.25) is 0 Å². The summed E-state index contributed by atoms with van der Waals surface area (Å²) < 4.78 is 6.81. The van der Waals surface area contributed by atoms with Crippen molar-refractivity contribution in [1.82, 2.24) is 15.1 Å². The number of hydrogen-bond acceptors (Lipinski definition) is 3. The average molecular weight is 221 g/mol. The molecule has 78 valence electrons. The van der Waals surface area contributed by atoms with Gasteiger partial charge in [-0.05, 0) is 36.8 Å². The van der Waals surface area contributed by atoms with Crippen molar-refractivity contribution in [2.45, 2.75) is 13.5 Å². The van der Waals surface area contributed by atoms with E-state index in [-0.39, 0.29) is 0 Å². The van der Waals surface area contributed by atoms with E-state index in [9.17, 15) is 0 Å². The second kappa shape index (κ2) is 4.27. The lowest BCUT2D eigenvalue weighted by Gasteiger charge is -2.05. The summed E-state index contributed by atoms with van der Waals surface area (Å²) in [5, 5.41) is 7.72. The van der Waals surface area contributed by atoms with Crippen LogP contribution in [-0.4, -0.2) is 14.9 Å². The third-order valence-corrected chi connectivity index (χ3v) is 2.25. The van der Waals surface area contributed by atoms with Crippen LogP contribution in [0.3, 0.4) is 0 Å². The smallest absolute Gasteiger partial charge is 0.194 e. The Hall–Kier alpha value is -1.62. The van der Waals surface area contributed by atoms with Gasteiger partial charge >= 0.3 is 0 Å². The number of aryl methyl sites for hydroxylation is 1. The lowest BCUT2D eigenvalue weighted by molar-refractivity contribution is 0.502. The van der Waals surface area contributed by atoms with Crippen molar-refractivity contribution in [3.63, 3.8) is 0 Å². The van der Waals surface area contributed by atoms with E-state index in [0.29, 0.717) is 11.7 Å². The van der Waals surface area contributed by atoms with Crippen LogP contribution in [0.25, 0.3) is 0 Å². The van der Waals surface area contributed by atoms with Crippen molar-refractivity contribution >= 4 is 17.3 Å². The average Bonchev–Trinajstić information content (AvgIpc) is 2.84. The molecule has 0 aromatic carbocycles. The Balaban J connectivity index is 1.93. The number of thiocarbonyl (C=S) groups is 1. The highest BCUT2D eigenvalue weighted by Crippen LogP contribution is 1.99. The van der Waals surface area contributed by atoms with Gasteiger partial charge in [-0.15, -0.1) is 0 Å². The van der Waals surface area contributed by atoms with Crippen molar-refractivity contribution in [3.05, 3.63) is 42.1 Å². The summed E-state index contributed by atoms with van der Waals surface area (Å²) in [6, 6.07) is 3.74. The minimum atomic E-state index is 0.569. The zero-order valence-corrected chi connectivity index (χ0v) is 9.12. The highest BCUT2D eigenvalue weighted by atomic mass is 32.1. The molecular formula is C10H11N3OS. The van der Waals surface area contributed by atoms with Crippen LogP contribution in [0, 0.1) is 6.92 Å². The number of nitrogens with one attached hydrogen (secondary N) is 1. The molecule has 1 N–H and O–H groups in total. The summed E-state index contributed by atoms with van der Waals surface area (Å²) in [6.45, 7) is 2.55. The maximum Gasteiger partial charge on any atom is 0.194 e. The molecule has 0 saturated carbocycles. The molecule has 0 radical (unpaired) electrons.